The molecule has 1 heterocycles. The van der Waals surface area contributed by atoms with Crippen LogP contribution >= 0.6 is 11.6 Å². The van der Waals surface area contributed by atoms with Crippen molar-refractivity contribution in [2.24, 2.45) is 5.92 Å². The minimum Gasteiger partial charge on any atom is -0.464 e. The van der Waals surface area contributed by atoms with E-state index in [1.807, 2.05) is 0 Å². The zero-order chi connectivity index (χ0) is 12.5. The molecule has 0 aromatic rings. The van der Waals surface area contributed by atoms with Crippen molar-refractivity contribution in [3.05, 3.63) is 0 Å². The van der Waals surface area contributed by atoms with Crippen LogP contribution in [0.4, 0.5) is 0 Å². The molecule has 1 fully saturated rings. The number of hydrogen-bond donors (Lipinski definition) is 1. The van der Waals surface area contributed by atoms with Crippen molar-refractivity contribution in [3.63, 3.8) is 0 Å². The van der Waals surface area contributed by atoms with Gasteiger partial charge in [0.2, 0.25) is 4.87 Å². The number of amides is 2. The first-order valence-corrected chi connectivity index (χ1v) is 5.15. The van der Waals surface area contributed by atoms with Crippen molar-refractivity contribution >= 4 is 29.4 Å². The molecule has 2 amide bonds. The van der Waals surface area contributed by atoms with Gasteiger partial charge in [0.15, 0.2) is 0 Å². The maximum Gasteiger partial charge on any atom is 0.337 e. The number of alkyl halides is 1. The monoisotopic (exact) mass is 249 g/mol. The number of carbonyl (C=O) groups is 3. The maximum atomic E-state index is 11.6. The lowest BCUT2D eigenvalue weighted by Gasteiger charge is -2.35. The number of rotatable bonds is 2. The number of carbonyl (C=O) groups excluding carboxylic acids is 3. The second-order valence-electron chi connectivity index (χ2n) is 3.55. The molecule has 0 spiro atoms. The van der Waals surface area contributed by atoms with Crippen LogP contribution in [0.2, 0.25) is 0 Å². The number of nitrogens with zero attached hydrogens (tertiary/aromatic N) is 1. The summed E-state index contributed by atoms with van der Waals surface area (Å²) in [5.74, 6) is -3.60. The van der Waals surface area contributed by atoms with Crippen LogP contribution in [0.25, 0.3) is 0 Å². The molecule has 0 radical (unpaired) electrons. The Labute approximate surface area is 97.1 Å². The van der Waals surface area contributed by atoms with E-state index in [4.69, 9.17) is 16.8 Å². The third-order valence-electron chi connectivity index (χ3n) is 2.47. The molecule has 1 N–H and O–H groups in total. The molecule has 0 aromatic heterocycles. The summed E-state index contributed by atoms with van der Waals surface area (Å²) < 4.78 is 4.67. The summed E-state index contributed by atoms with van der Waals surface area (Å²) in [7, 11) is 0. The van der Waals surface area contributed by atoms with Crippen molar-refractivity contribution in [1.82, 2.24) is 5.06 Å². The number of hydroxylamine groups is 2. The fourth-order valence-electron chi connectivity index (χ4n) is 1.49. The van der Waals surface area contributed by atoms with Gasteiger partial charge in [-0.3, -0.25) is 14.8 Å². The van der Waals surface area contributed by atoms with Gasteiger partial charge in [-0.05, 0) is 6.92 Å². The Morgan fingerprint density at radius 3 is 2.75 bits per heavy atom. The third-order valence-corrected chi connectivity index (χ3v) is 3.16. The topological polar surface area (TPSA) is 83.9 Å². The molecule has 0 aromatic carbocycles. The van der Waals surface area contributed by atoms with Gasteiger partial charge < -0.3 is 4.74 Å². The first-order valence-electron chi connectivity index (χ1n) is 4.78. The van der Waals surface area contributed by atoms with Crippen LogP contribution in [0.15, 0.2) is 0 Å². The number of halogens is 1. The van der Waals surface area contributed by atoms with E-state index in [0.717, 1.165) is 0 Å². The summed E-state index contributed by atoms with van der Waals surface area (Å²) in [6.45, 7) is 3.11. The molecule has 7 heteroatoms. The standard InChI is InChI=1S/C9H12ClNO5/c1-3-16-8(14)9(10)5(2)4-6(12)11(15)7(9)13/h5,15H,3-4H2,1-2H3. The van der Waals surface area contributed by atoms with Crippen LogP contribution in [0.5, 0.6) is 0 Å². The Morgan fingerprint density at radius 1 is 1.69 bits per heavy atom. The molecule has 0 aliphatic carbocycles. The van der Waals surface area contributed by atoms with Gasteiger partial charge in [0.05, 0.1) is 6.61 Å². The van der Waals surface area contributed by atoms with E-state index in [1.165, 1.54) is 6.92 Å². The van der Waals surface area contributed by atoms with Gasteiger partial charge in [-0.25, -0.2) is 4.79 Å². The van der Waals surface area contributed by atoms with Crippen molar-refractivity contribution < 1.29 is 24.3 Å². The van der Waals surface area contributed by atoms with Gasteiger partial charge in [-0.15, -0.1) is 0 Å². The molecule has 2 unspecified atom stereocenters. The van der Waals surface area contributed by atoms with Gasteiger partial charge in [0.25, 0.3) is 11.8 Å². The summed E-state index contributed by atoms with van der Waals surface area (Å²) in [4.78, 5) is 32.3. The van der Waals surface area contributed by atoms with Crippen LogP contribution in [-0.4, -0.2) is 39.5 Å². The van der Waals surface area contributed by atoms with Crippen LogP contribution in [0.3, 0.4) is 0 Å². The Morgan fingerprint density at radius 2 is 2.25 bits per heavy atom. The number of hydrogen-bond acceptors (Lipinski definition) is 5. The van der Waals surface area contributed by atoms with E-state index >= 15 is 0 Å². The van der Waals surface area contributed by atoms with Crippen LogP contribution in [0.1, 0.15) is 20.3 Å². The first-order chi connectivity index (χ1) is 7.35. The Kier molecular flexibility index (Phi) is 3.54. The Hall–Kier alpha value is -1.14. The molecule has 0 bridgehead atoms. The molecule has 6 nitrogen and oxygen atoms in total. The van der Waals surface area contributed by atoms with Gasteiger partial charge in [0.1, 0.15) is 0 Å². The van der Waals surface area contributed by atoms with Crippen LogP contribution < -0.4 is 0 Å². The lowest BCUT2D eigenvalue weighted by atomic mass is 9.86. The summed E-state index contributed by atoms with van der Waals surface area (Å²) in [5, 5.41) is 9.04. The zero-order valence-corrected chi connectivity index (χ0v) is 9.65. The molecule has 90 valence electrons. The average molecular weight is 250 g/mol. The fraction of sp³-hybridized carbons (Fsp3) is 0.667. The van der Waals surface area contributed by atoms with E-state index < -0.39 is 28.6 Å². The normalized spacial score (nSPS) is 30.5. The molecule has 16 heavy (non-hydrogen) atoms. The van der Waals surface area contributed by atoms with E-state index in [2.05, 4.69) is 4.74 Å². The molecule has 0 saturated carbocycles. The minimum absolute atomic E-state index is 0.0622. The smallest absolute Gasteiger partial charge is 0.337 e. The summed E-state index contributed by atoms with van der Waals surface area (Å²) in [6, 6.07) is 0. The molecular formula is C9H12ClNO5. The lowest BCUT2D eigenvalue weighted by molar-refractivity contribution is -0.191. The zero-order valence-electron chi connectivity index (χ0n) is 8.90. The third kappa shape index (κ3) is 1.78. The number of esters is 1. The largest absolute Gasteiger partial charge is 0.464 e. The molecular weight excluding hydrogens is 238 g/mol. The lowest BCUT2D eigenvalue weighted by Crippen LogP contribution is -2.60. The van der Waals surface area contributed by atoms with Crippen molar-refractivity contribution in [1.29, 1.82) is 0 Å². The minimum atomic E-state index is -2.02. The van der Waals surface area contributed by atoms with Crippen LogP contribution in [-0.2, 0) is 19.1 Å². The van der Waals surface area contributed by atoms with Crippen LogP contribution in [0, 0.1) is 5.92 Å². The molecule has 2 atom stereocenters. The predicted molar refractivity (Wildman–Crippen MR) is 52.6 cm³/mol. The summed E-state index contributed by atoms with van der Waals surface area (Å²) in [5.41, 5.74) is 0. The summed E-state index contributed by atoms with van der Waals surface area (Å²) >= 11 is 5.89. The highest BCUT2D eigenvalue weighted by Gasteiger charge is 2.57. The van der Waals surface area contributed by atoms with Gasteiger partial charge in [-0.1, -0.05) is 18.5 Å². The second-order valence-corrected chi connectivity index (χ2v) is 4.14. The molecule has 1 saturated heterocycles. The molecule has 1 aliphatic rings. The van der Waals surface area contributed by atoms with E-state index in [9.17, 15) is 14.4 Å². The van der Waals surface area contributed by atoms with Crippen molar-refractivity contribution in [2.75, 3.05) is 6.61 Å². The highest BCUT2D eigenvalue weighted by molar-refractivity contribution is 6.46. The van der Waals surface area contributed by atoms with Gasteiger partial charge >= 0.3 is 5.97 Å². The first kappa shape index (κ1) is 12.9. The predicted octanol–water partition coefficient (Wildman–Crippen LogP) is 0.311. The van der Waals surface area contributed by atoms with Gasteiger partial charge in [-0.2, -0.15) is 5.06 Å². The van der Waals surface area contributed by atoms with E-state index in [0.29, 0.717) is 0 Å². The number of ether oxygens (including phenoxy) is 1. The van der Waals surface area contributed by atoms with Crippen molar-refractivity contribution in [3.8, 4) is 0 Å². The van der Waals surface area contributed by atoms with E-state index in [1.54, 1.807) is 6.92 Å². The quantitative estimate of drug-likeness (QED) is 0.250. The SMILES string of the molecule is CCOC(=O)C1(Cl)C(=O)N(O)C(=O)CC1C. The highest BCUT2D eigenvalue weighted by atomic mass is 35.5. The Bertz CT molecular complexity index is 345. The van der Waals surface area contributed by atoms with Crippen molar-refractivity contribution in [2.45, 2.75) is 25.1 Å². The fourth-order valence-corrected chi connectivity index (χ4v) is 1.70. The molecule has 1 rings (SSSR count). The number of imide groups is 1. The summed E-state index contributed by atoms with van der Waals surface area (Å²) in [6.07, 6.45) is -0.190. The maximum absolute atomic E-state index is 11.6. The average Bonchev–Trinajstić information content (AvgIpc) is 2.24. The number of piperidine rings is 1. The van der Waals surface area contributed by atoms with Gasteiger partial charge in [0, 0.05) is 12.3 Å². The highest BCUT2D eigenvalue weighted by Crippen LogP contribution is 2.35. The van der Waals surface area contributed by atoms with E-state index in [-0.39, 0.29) is 18.1 Å². The molecule has 1 aliphatic heterocycles. The second kappa shape index (κ2) is 4.39. The Balaban J connectivity index is 3.05.